The Kier molecular flexibility index (Phi) is 4.34. The van der Waals surface area contributed by atoms with Crippen LogP contribution in [0.4, 0.5) is 17.2 Å². The maximum absolute atomic E-state index is 12.0. The summed E-state index contributed by atoms with van der Waals surface area (Å²) in [5, 5.41) is 16.6. The number of halogens is 1. The molecule has 0 radical (unpaired) electrons. The third-order valence-corrected chi connectivity index (χ3v) is 2.92. The molecule has 0 saturated carbocycles. The van der Waals surface area contributed by atoms with Crippen LogP contribution in [-0.2, 0) is 0 Å². The van der Waals surface area contributed by atoms with Gasteiger partial charge in [-0.15, -0.1) is 0 Å². The Labute approximate surface area is 125 Å². The van der Waals surface area contributed by atoms with E-state index in [1.165, 1.54) is 30.5 Å². The third kappa shape index (κ3) is 3.46. The van der Waals surface area contributed by atoms with Crippen molar-refractivity contribution in [3.63, 3.8) is 0 Å². The van der Waals surface area contributed by atoms with Gasteiger partial charge in [0.1, 0.15) is 11.5 Å². The standard InChI is InChI=1S/C13H11ClN4O3/c1-15-10-4-2-8(6-11(10)18(20)21)13(19)17-12-5-3-9(14)7-16-12/h2-7,15H,1H3,(H,16,17,19). The first-order valence-electron chi connectivity index (χ1n) is 5.90. The summed E-state index contributed by atoms with van der Waals surface area (Å²) in [6.45, 7) is 0. The number of nitro groups is 1. The number of rotatable bonds is 4. The van der Waals surface area contributed by atoms with E-state index in [0.29, 0.717) is 16.5 Å². The number of nitrogens with one attached hydrogen (secondary N) is 2. The molecule has 0 fully saturated rings. The number of carbonyl (C=O) groups excluding carboxylic acids is 1. The van der Waals surface area contributed by atoms with Crippen LogP contribution in [0.1, 0.15) is 10.4 Å². The van der Waals surface area contributed by atoms with Crippen LogP contribution in [0.5, 0.6) is 0 Å². The summed E-state index contributed by atoms with van der Waals surface area (Å²) in [6.07, 6.45) is 1.39. The lowest BCUT2D eigenvalue weighted by atomic mass is 10.1. The predicted octanol–water partition coefficient (Wildman–Crippen LogP) is 2.94. The Bertz CT molecular complexity index is 688. The van der Waals surface area contributed by atoms with Crippen molar-refractivity contribution >= 4 is 34.7 Å². The highest BCUT2D eigenvalue weighted by atomic mass is 35.5. The summed E-state index contributed by atoms with van der Waals surface area (Å²) in [7, 11) is 1.57. The van der Waals surface area contributed by atoms with Gasteiger partial charge in [0.2, 0.25) is 0 Å². The number of amides is 1. The molecule has 0 unspecified atom stereocenters. The molecular formula is C13H11ClN4O3. The zero-order valence-electron chi connectivity index (χ0n) is 11.0. The number of pyridine rings is 1. The molecule has 0 saturated heterocycles. The Balaban J connectivity index is 2.25. The maximum Gasteiger partial charge on any atom is 0.293 e. The summed E-state index contributed by atoms with van der Waals surface area (Å²) in [4.78, 5) is 26.4. The molecule has 1 aromatic heterocycles. The fourth-order valence-corrected chi connectivity index (χ4v) is 1.79. The minimum atomic E-state index is -0.552. The molecule has 0 aliphatic heterocycles. The van der Waals surface area contributed by atoms with Gasteiger partial charge >= 0.3 is 0 Å². The van der Waals surface area contributed by atoms with E-state index < -0.39 is 10.8 Å². The molecule has 1 heterocycles. The van der Waals surface area contributed by atoms with Gasteiger partial charge in [-0.1, -0.05) is 11.6 Å². The van der Waals surface area contributed by atoms with Crippen LogP contribution in [0.2, 0.25) is 5.02 Å². The molecule has 108 valence electrons. The first kappa shape index (κ1) is 14.7. The summed E-state index contributed by atoms with van der Waals surface area (Å²) in [5.74, 6) is -0.180. The predicted molar refractivity (Wildman–Crippen MR) is 79.8 cm³/mol. The molecule has 2 rings (SSSR count). The van der Waals surface area contributed by atoms with E-state index in [4.69, 9.17) is 11.6 Å². The number of carbonyl (C=O) groups is 1. The van der Waals surface area contributed by atoms with Crippen molar-refractivity contribution in [2.24, 2.45) is 0 Å². The monoisotopic (exact) mass is 306 g/mol. The van der Waals surface area contributed by atoms with Gasteiger partial charge in [0.05, 0.1) is 9.95 Å². The number of nitrogens with zero attached hydrogens (tertiary/aromatic N) is 2. The zero-order chi connectivity index (χ0) is 15.4. The van der Waals surface area contributed by atoms with E-state index in [1.807, 2.05) is 0 Å². The smallest absolute Gasteiger partial charge is 0.293 e. The highest BCUT2D eigenvalue weighted by molar-refractivity contribution is 6.30. The van der Waals surface area contributed by atoms with Crippen molar-refractivity contribution in [3.05, 3.63) is 57.2 Å². The largest absolute Gasteiger partial charge is 0.383 e. The van der Waals surface area contributed by atoms with Crippen molar-refractivity contribution in [1.82, 2.24) is 4.98 Å². The number of anilines is 2. The first-order chi connectivity index (χ1) is 10.0. The second kappa shape index (κ2) is 6.19. The van der Waals surface area contributed by atoms with Gasteiger partial charge in [-0.2, -0.15) is 0 Å². The molecule has 2 aromatic rings. The molecule has 1 amide bonds. The van der Waals surface area contributed by atoms with Gasteiger partial charge in [-0.05, 0) is 24.3 Å². The van der Waals surface area contributed by atoms with Crippen LogP contribution in [0, 0.1) is 10.1 Å². The van der Waals surface area contributed by atoms with Crippen LogP contribution in [0.25, 0.3) is 0 Å². The lowest BCUT2D eigenvalue weighted by Gasteiger charge is -2.06. The quantitative estimate of drug-likeness (QED) is 0.668. The molecule has 0 spiro atoms. The summed E-state index contributed by atoms with van der Waals surface area (Å²) >= 11 is 5.70. The van der Waals surface area contributed by atoms with Gasteiger partial charge in [-0.25, -0.2) is 4.98 Å². The first-order valence-corrected chi connectivity index (χ1v) is 6.28. The Morgan fingerprint density at radius 3 is 2.67 bits per heavy atom. The Hall–Kier alpha value is -2.67. The highest BCUT2D eigenvalue weighted by Gasteiger charge is 2.17. The van der Waals surface area contributed by atoms with Crippen molar-refractivity contribution in [3.8, 4) is 0 Å². The molecule has 0 atom stereocenters. The molecule has 8 heteroatoms. The van der Waals surface area contributed by atoms with Gasteiger partial charge in [0, 0.05) is 24.9 Å². The number of aromatic nitrogens is 1. The number of benzene rings is 1. The zero-order valence-corrected chi connectivity index (χ0v) is 11.7. The van der Waals surface area contributed by atoms with Crippen LogP contribution >= 0.6 is 11.6 Å². The second-order valence-corrected chi connectivity index (χ2v) is 4.49. The normalized spacial score (nSPS) is 10.0. The SMILES string of the molecule is CNc1ccc(C(=O)Nc2ccc(Cl)cn2)cc1[N+](=O)[O-]. The molecule has 1 aromatic carbocycles. The maximum atomic E-state index is 12.0. The van der Waals surface area contributed by atoms with Crippen LogP contribution in [-0.4, -0.2) is 22.9 Å². The van der Waals surface area contributed by atoms with Crippen LogP contribution < -0.4 is 10.6 Å². The summed E-state index contributed by atoms with van der Waals surface area (Å²) < 4.78 is 0. The molecule has 0 aliphatic carbocycles. The Morgan fingerprint density at radius 1 is 1.33 bits per heavy atom. The van der Waals surface area contributed by atoms with Crippen LogP contribution in [0.15, 0.2) is 36.5 Å². The molecule has 0 bridgehead atoms. The van der Waals surface area contributed by atoms with E-state index in [1.54, 1.807) is 13.1 Å². The highest BCUT2D eigenvalue weighted by Crippen LogP contribution is 2.25. The molecule has 7 nitrogen and oxygen atoms in total. The third-order valence-electron chi connectivity index (χ3n) is 2.69. The van der Waals surface area contributed by atoms with E-state index in [0.717, 1.165) is 0 Å². The van der Waals surface area contributed by atoms with Crippen molar-refractivity contribution in [1.29, 1.82) is 0 Å². The van der Waals surface area contributed by atoms with E-state index >= 15 is 0 Å². The van der Waals surface area contributed by atoms with Gasteiger partial charge in [0.25, 0.3) is 11.6 Å². The van der Waals surface area contributed by atoms with E-state index in [-0.39, 0.29) is 11.3 Å². The fraction of sp³-hybridized carbons (Fsp3) is 0.0769. The lowest BCUT2D eigenvalue weighted by molar-refractivity contribution is -0.384. The van der Waals surface area contributed by atoms with Crippen LogP contribution in [0.3, 0.4) is 0 Å². The summed E-state index contributed by atoms with van der Waals surface area (Å²) in [5.41, 5.74) is 0.327. The number of nitro benzene ring substituents is 1. The molecule has 2 N–H and O–H groups in total. The van der Waals surface area contributed by atoms with Gasteiger partial charge < -0.3 is 10.6 Å². The average molecular weight is 307 g/mol. The van der Waals surface area contributed by atoms with E-state index in [9.17, 15) is 14.9 Å². The van der Waals surface area contributed by atoms with Crippen molar-refractivity contribution < 1.29 is 9.72 Å². The van der Waals surface area contributed by atoms with Crippen molar-refractivity contribution in [2.75, 3.05) is 17.7 Å². The van der Waals surface area contributed by atoms with Gasteiger partial charge in [0.15, 0.2) is 0 Å². The number of hydrogen-bond acceptors (Lipinski definition) is 5. The molecule has 21 heavy (non-hydrogen) atoms. The average Bonchev–Trinajstić information content (AvgIpc) is 2.48. The fourth-order valence-electron chi connectivity index (χ4n) is 1.67. The number of hydrogen-bond donors (Lipinski definition) is 2. The molecule has 0 aliphatic rings. The van der Waals surface area contributed by atoms with E-state index in [2.05, 4.69) is 15.6 Å². The lowest BCUT2D eigenvalue weighted by Crippen LogP contribution is -2.13. The second-order valence-electron chi connectivity index (χ2n) is 4.05. The summed E-state index contributed by atoms with van der Waals surface area (Å²) in [6, 6.07) is 7.29. The topological polar surface area (TPSA) is 97.2 Å². The van der Waals surface area contributed by atoms with Crippen molar-refractivity contribution in [2.45, 2.75) is 0 Å². The van der Waals surface area contributed by atoms with Gasteiger partial charge in [-0.3, -0.25) is 14.9 Å². The Morgan fingerprint density at radius 2 is 2.10 bits per heavy atom. The molecular weight excluding hydrogens is 296 g/mol. The minimum Gasteiger partial charge on any atom is -0.383 e. The minimum absolute atomic E-state index is 0.164.